The van der Waals surface area contributed by atoms with Gasteiger partial charge in [0.15, 0.2) is 0 Å². The summed E-state index contributed by atoms with van der Waals surface area (Å²) in [6, 6.07) is 3.43. The van der Waals surface area contributed by atoms with Crippen LogP contribution in [0.1, 0.15) is 50.7 Å². The molecule has 0 aliphatic rings. The molecule has 0 aliphatic heterocycles. The van der Waals surface area contributed by atoms with E-state index in [1.165, 1.54) is 0 Å². The molecule has 0 saturated heterocycles. The number of methoxy groups -OCH3 is 1. The van der Waals surface area contributed by atoms with Gasteiger partial charge in [-0.15, -0.1) is 0 Å². The van der Waals surface area contributed by atoms with E-state index in [1.807, 2.05) is 27.7 Å². The Morgan fingerprint density at radius 2 is 1.65 bits per heavy atom. The molecule has 0 heterocycles. The molecule has 0 radical (unpaired) electrons. The lowest BCUT2D eigenvalue weighted by Crippen LogP contribution is -2.02. The molecular weight excluding hydrogens is 218 g/mol. The quantitative estimate of drug-likeness (QED) is 0.590. The Kier molecular flexibility index (Phi) is 4.10. The summed E-state index contributed by atoms with van der Waals surface area (Å²) in [5, 5.41) is 11.1. The lowest BCUT2D eigenvalue weighted by atomic mass is 9.94. The Hall–Kier alpha value is -1.58. The van der Waals surface area contributed by atoms with Crippen LogP contribution in [-0.2, 0) is 0 Å². The topological polar surface area (TPSA) is 52.4 Å². The molecule has 0 fully saturated rings. The Balaban J connectivity index is 3.48. The number of nitro groups is 1. The Morgan fingerprint density at radius 1 is 1.12 bits per heavy atom. The zero-order valence-electron chi connectivity index (χ0n) is 11.0. The molecule has 0 aliphatic carbocycles. The van der Waals surface area contributed by atoms with Crippen molar-refractivity contribution < 1.29 is 9.66 Å². The molecule has 94 valence electrons. The van der Waals surface area contributed by atoms with Crippen LogP contribution >= 0.6 is 0 Å². The fourth-order valence-electron chi connectivity index (χ4n) is 1.85. The van der Waals surface area contributed by atoms with Crippen LogP contribution in [0.4, 0.5) is 5.69 Å². The van der Waals surface area contributed by atoms with Gasteiger partial charge in [-0.3, -0.25) is 10.1 Å². The van der Waals surface area contributed by atoms with Crippen molar-refractivity contribution in [2.24, 2.45) is 0 Å². The second-order valence-electron chi connectivity index (χ2n) is 4.72. The zero-order chi connectivity index (χ0) is 13.2. The lowest BCUT2D eigenvalue weighted by Gasteiger charge is -2.15. The number of nitro benzene ring substituents is 1. The molecule has 0 atom stereocenters. The zero-order valence-corrected chi connectivity index (χ0v) is 11.0. The van der Waals surface area contributed by atoms with Crippen LogP contribution in [0.2, 0.25) is 0 Å². The minimum Gasteiger partial charge on any atom is -0.496 e. The van der Waals surface area contributed by atoms with E-state index in [9.17, 15) is 10.1 Å². The largest absolute Gasteiger partial charge is 0.496 e. The molecule has 1 aromatic rings. The molecule has 0 saturated carbocycles. The molecule has 0 aromatic heterocycles. The maximum Gasteiger partial charge on any atom is 0.273 e. The van der Waals surface area contributed by atoms with Gasteiger partial charge in [-0.2, -0.15) is 0 Å². The number of ether oxygens (including phenoxy) is 1. The molecule has 17 heavy (non-hydrogen) atoms. The number of hydrogen-bond acceptors (Lipinski definition) is 3. The van der Waals surface area contributed by atoms with Gasteiger partial charge in [-0.25, -0.2) is 0 Å². The van der Waals surface area contributed by atoms with Crippen molar-refractivity contribution in [3.8, 4) is 5.75 Å². The van der Waals surface area contributed by atoms with E-state index >= 15 is 0 Å². The number of nitrogens with zero attached hydrogens (tertiary/aromatic N) is 1. The van der Waals surface area contributed by atoms with Gasteiger partial charge in [0.05, 0.1) is 12.0 Å². The normalized spacial score (nSPS) is 11.0. The molecule has 0 bridgehead atoms. The van der Waals surface area contributed by atoms with Gasteiger partial charge in [0.1, 0.15) is 5.75 Å². The molecule has 0 spiro atoms. The second-order valence-corrected chi connectivity index (χ2v) is 4.72. The molecule has 1 aromatic carbocycles. The fraction of sp³-hybridized carbons (Fsp3) is 0.538. The van der Waals surface area contributed by atoms with Gasteiger partial charge in [0.2, 0.25) is 0 Å². The molecule has 1 rings (SSSR count). The lowest BCUT2D eigenvalue weighted by molar-refractivity contribution is -0.385. The maximum atomic E-state index is 11.1. The minimum absolute atomic E-state index is 0.102. The van der Waals surface area contributed by atoms with Crippen molar-refractivity contribution in [3.05, 3.63) is 33.4 Å². The van der Waals surface area contributed by atoms with Crippen LogP contribution in [0, 0.1) is 10.1 Å². The Bertz CT molecular complexity index is 425. The van der Waals surface area contributed by atoms with Gasteiger partial charge >= 0.3 is 0 Å². The molecule has 0 N–H and O–H groups in total. The molecule has 4 nitrogen and oxygen atoms in total. The third kappa shape index (κ3) is 2.75. The highest BCUT2D eigenvalue weighted by Crippen LogP contribution is 2.36. The number of hydrogen-bond donors (Lipinski definition) is 0. The highest BCUT2D eigenvalue weighted by atomic mass is 16.6. The van der Waals surface area contributed by atoms with Crippen LogP contribution in [0.3, 0.4) is 0 Å². The second kappa shape index (κ2) is 5.17. The highest BCUT2D eigenvalue weighted by Gasteiger charge is 2.21. The van der Waals surface area contributed by atoms with Crippen LogP contribution in [0.15, 0.2) is 12.1 Å². The molecule has 0 amide bonds. The first-order chi connectivity index (χ1) is 7.88. The van der Waals surface area contributed by atoms with Crippen molar-refractivity contribution in [1.82, 2.24) is 0 Å². The van der Waals surface area contributed by atoms with Crippen molar-refractivity contribution in [2.75, 3.05) is 7.11 Å². The summed E-state index contributed by atoms with van der Waals surface area (Å²) < 4.78 is 5.31. The van der Waals surface area contributed by atoms with E-state index in [1.54, 1.807) is 19.2 Å². The van der Waals surface area contributed by atoms with Gasteiger partial charge < -0.3 is 4.74 Å². The Labute approximate surface area is 102 Å². The van der Waals surface area contributed by atoms with Gasteiger partial charge in [-0.05, 0) is 17.9 Å². The van der Waals surface area contributed by atoms with E-state index < -0.39 is 0 Å². The Morgan fingerprint density at radius 3 is 2.00 bits per heavy atom. The fourth-order valence-corrected chi connectivity index (χ4v) is 1.85. The third-order valence-electron chi connectivity index (χ3n) is 2.82. The molecule has 4 heteroatoms. The van der Waals surface area contributed by atoms with E-state index in [0.717, 1.165) is 16.9 Å². The summed E-state index contributed by atoms with van der Waals surface area (Å²) >= 11 is 0. The summed E-state index contributed by atoms with van der Waals surface area (Å²) in [5.41, 5.74) is 1.78. The van der Waals surface area contributed by atoms with Crippen LogP contribution in [0.25, 0.3) is 0 Å². The van der Waals surface area contributed by atoms with Gasteiger partial charge in [0, 0.05) is 17.2 Å². The standard InChI is InChI=1S/C13H19NO3/c1-8(2)10-7-13(17-5)11(9(3)4)6-12(10)14(15)16/h6-9H,1-5H3. The first kappa shape index (κ1) is 13.5. The van der Waals surface area contributed by atoms with Crippen LogP contribution < -0.4 is 4.74 Å². The SMILES string of the molecule is COc1cc(C(C)C)c([N+](=O)[O-])cc1C(C)C. The predicted molar refractivity (Wildman–Crippen MR) is 67.8 cm³/mol. The van der Waals surface area contributed by atoms with Crippen molar-refractivity contribution in [3.63, 3.8) is 0 Å². The number of rotatable bonds is 4. The van der Waals surface area contributed by atoms with Crippen LogP contribution in [0.5, 0.6) is 5.75 Å². The van der Waals surface area contributed by atoms with E-state index in [4.69, 9.17) is 4.74 Å². The molecular formula is C13H19NO3. The van der Waals surface area contributed by atoms with E-state index in [-0.39, 0.29) is 22.4 Å². The van der Waals surface area contributed by atoms with Crippen molar-refractivity contribution in [2.45, 2.75) is 39.5 Å². The smallest absolute Gasteiger partial charge is 0.273 e. The van der Waals surface area contributed by atoms with Gasteiger partial charge in [0.25, 0.3) is 5.69 Å². The third-order valence-corrected chi connectivity index (χ3v) is 2.82. The summed E-state index contributed by atoms with van der Waals surface area (Å²) in [4.78, 5) is 10.7. The monoisotopic (exact) mass is 237 g/mol. The summed E-state index contributed by atoms with van der Waals surface area (Å²) in [7, 11) is 1.59. The maximum absolute atomic E-state index is 11.1. The highest BCUT2D eigenvalue weighted by molar-refractivity contribution is 5.52. The van der Waals surface area contributed by atoms with Crippen molar-refractivity contribution in [1.29, 1.82) is 0 Å². The summed E-state index contributed by atoms with van der Waals surface area (Å²) in [5.74, 6) is 1.03. The molecule has 0 unspecified atom stereocenters. The van der Waals surface area contributed by atoms with E-state index in [2.05, 4.69) is 0 Å². The van der Waals surface area contributed by atoms with Crippen molar-refractivity contribution >= 4 is 5.69 Å². The minimum atomic E-state index is -0.319. The summed E-state index contributed by atoms with van der Waals surface area (Å²) in [6.07, 6.45) is 0. The first-order valence-electron chi connectivity index (χ1n) is 5.74. The van der Waals surface area contributed by atoms with Gasteiger partial charge in [-0.1, -0.05) is 27.7 Å². The first-order valence-corrected chi connectivity index (χ1v) is 5.74. The van der Waals surface area contributed by atoms with Crippen LogP contribution in [-0.4, -0.2) is 12.0 Å². The average molecular weight is 237 g/mol. The number of benzene rings is 1. The average Bonchev–Trinajstić information content (AvgIpc) is 2.26. The predicted octanol–water partition coefficient (Wildman–Crippen LogP) is 3.85. The summed E-state index contributed by atoms with van der Waals surface area (Å²) in [6.45, 7) is 7.88. The van der Waals surface area contributed by atoms with E-state index in [0.29, 0.717) is 0 Å².